The molecule has 0 spiro atoms. The third-order valence-electron chi connectivity index (χ3n) is 6.05. The van der Waals surface area contributed by atoms with Gasteiger partial charge >= 0.3 is 0 Å². The van der Waals surface area contributed by atoms with E-state index >= 15 is 0 Å². The van der Waals surface area contributed by atoms with Gasteiger partial charge in [-0.05, 0) is 45.2 Å². The number of fused-ring (bicyclic) bond motifs is 1. The van der Waals surface area contributed by atoms with E-state index in [2.05, 4.69) is 32.6 Å². The molecule has 12 heteroatoms. The average molecular weight is 481 g/mol. The van der Waals surface area contributed by atoms with Crippen LogP contribution in [0.3, 0.4) is 0 Å². The second-order valence-corrected chi connectivity index (χ2v) is 8.41. The Morgan fingerprint density at radius 3 is 2.66 bits per heavy atom. The zero-order valence-electron chi connectivity index (χ0n) is 20.0. The molecule has 1 fully saturated rings. The average Bonchev–Trinajstić information content (AvgIpc) is 3.45. The van der Waals surface area contributed by atoms with Crippen LogP contribution in [0.15, 0.2) is 46.2 Å². The highest BCUT2D eigenvalue weighted by Crippen LogP contribution is 2.33. The van der Waals surface area contributed by atoms with Gasteiger partial charge in [-0.25, -0.2) is 9.97 Å². The number of hydrogen-bond acceptors (Lipinski definition) is 9. The van der Waals surface area contributed by atoms with Crippen LogP contribution < -0.4 is 21.9 Å². The number of hydrogen-bond donors (Lipinski definition) is 3. The Hall–Kier alpha value is -4.19. The number of aromatic nitrogens is 5. The summed E-state index contributed by atoms with van der Waals surface area (Å²) in [6.45, 7) is 3.90. The summed E-state index contributed by atoms with van der Waals surface area (Å²) in [6, 6.07) is 4.96. The SMILES string of the molecule is CNc1cc(Nc2cccn(-c3ocnc3C)c2=O)nc2c(C(N)=O)cnn12.COC1(C)CCC1. The number of carbonyl (C=O) groups excluding carboxylic acids is 1. The van der Waals surface area contributed by atoms with Crippen LogP contribution in [0.2, 0.25) is 0 Å². The lowest BCUT2D eigenvalue weighted by Crippen LogP contribution is -2.34. The Bertz CT molecular complexity index is 1410. The van der Waals surface area contributed by atoms with Crippen molar-refractivity contribution >= 4 is 28.9 Å². The van der Waals surface area contributed by atoms with Crippen molar-refractivity contribution in [2.24, 2.45) is 5.73 Å². The van der Waals surface area contributed by atoms with Gasteiger partial charge in [-0.2, -0.15) is 9.61 Å². The monoisotopic (exact) mass is 480 g/mol. The Morgan fingerprint density at radius 2 is 2.11 bits per heavy atom. The van der Waals surface area contributed by atoms with Gasteiger partial charge in [0.1, 0.15) is 28.6 Å². The number of aryl methyl sites for hydroxylation is 1. The van der Waals surface area contributed by atoms with Crippen molar-refractivity contribution in [2.45, 2.75) is 38.7 Å². The molecule has 4 heterocycles. The van der Waals surface area contributed by atoms with Crippen molar-refractivity contribution < 1.29 is 13.9 Å². The number of methoxy groups -OCH3 is 1. The molecular formula is C23H28N8O4. The highest BCUT2D eigenvalue weighted by Gasteiger charge is 2.30. The number of primary amides is 1. The normalized spacial score (nSPS) is 14.1. The van der Waals surface area contributed by atoms with Gasteiger partial charge in [0.05, 0.1) is 11.8 Å². The Kier molecular flexibility index (Phi) is 6.56. The topological polar surface area (TPSA) is 155 Å². The number of oxazole rings is 1. The number of nitrogens with one attached hydrogen (secondary N) is 2. The van der Waals surface area contributed by atoms with E-state index in [1.807, 2.05) is 0 Å². The van der Waals surface area contributed by atoms with E-state index in [1.54, 1.807) is 45.5 Å². The number of rotatable bonds is 6. The molecule has 184 valence electrons. The van der Waals surface area contributed by atoms with Gasteiger partial charge in [0.2, 0.25) is 5.88 Å². The summed E-state index contributed by atoms with van der Waals surface area (Å²) in [4.78, 5) is 32.9. The van der Waals surface area contributed by atoms with Crippen molar-refractivity contribution in [3.05, 3.63) is 58.6 Å². The first-order valence-corrected chi connectivity index (χ1v) is 11.1. The molecule has 0 radical (unpaired) electrons. The van der Waals surface area contributed by atoms with Crippen molar-refractivity contribution in [1.82, 2.24) is 24.1 Å². The van der Waals surface area contributed by atoms with E-state index in [-0.39, 0.29) is 28.1 Å². The molecule has 0 atom stereocenters. The fraction of sp³-hybridized carbons (Fsp3) is 0.348. The molecule has 1 aliphatic carbocycles. The number of carbonyl (C=O) groups is 1. The number of pyridine rings is 1. The van der Waals surface area contributed by atoms with E-state index in [9.17, 15) is 9.59 Å². The standard InChI is InChI=1S/C17H16N8O3.C6H12O/c1-9-17(28-8-20-9)24-5-3-4-11(16(24)27)22-12-6-13(19-2)25-15(23-12)10(7-21-25)14(18)26;1-6(7-2)4-3-5-6/h3-8,19H,1-2H3,(H2,18,26)(H,22,23);3-5H2,1-2H3. The summed E-state index contributed by atoms with van der Waals surface area (Å²) in [7, 11) is 3.49. The first kappa shape index (κ1) is 24.0. The lowest BCUT2D eigenvalue weighted by atomic mass is 9.82. The van der Waals surface area contributed by atoms with Crippen LogP contribution in [-0.4, -0.2) is 49.8 Å². The largest absolute Gasteiger partial charge is 0.427 e. The van der Waals surface area contributed by atoms with Crippen LogP contribution in [0.5, 0.6) is 0 Å². The Labute approximate surface area is 201 Å². The molecule has 12 nitrogen and oxygen atoms in total. The lowest BCUT2D eigenvalue weighted by Gasteiger charge is -2.36. The summed E-state index contributed by atoms with van der Waals surface area (Å²) in [5, 5.41) is 10.1. The molecule has 4 N–H and O–H groups in total. The second kappa shape index (κ2) is 9.58. The molecule has 1 amide bonds. The molecular weight excluding hydrogens is 452 g/mol. The van der Waals surface area contributed by atoms with Gasteiger partial charge in [0.15, 0.2) is 12.0 Å². The zero-order chi connectivity index (χ0) is 25.2. The van der Waals surface area contributed by atoms with Crippen LogP contribution in [0, 0.1) is 6.92 Å². The molecule has 0 bridgehead atoms. The fourth-order valence-corrected chi connectivity index (χ4v) is 3.67. The first-order valence-electron chi connectivity index (χ1n) is 11.1. The molecule has 35 heavy (non-hydrogen) atoms. The molecule has 1 aliphatic rings. The molecule has 1 saturated carbocycles. The summed E-state index contributed by atoms with van der Waals surface area (Å²) in [6.07, 6.45) is 8.06. The maximum absolute atomic E-state index is 12.8. The summed E-state index contributed by atoms with van der Waals surface area (Å²) >= 11 is 0. The smallest absolute Gasteiger partial charge is 0.281 e. The molecule has 0 aromatic carbocycles. The predicted octanol–water partition coefficient (Wildman–Crippen LogP) is 2.64. The van der Waals surface area contributed by atoms with Crippen molar-refractivity contribution in [3.8, 4) is 5.88 Å². The van der Waals surface area contributed by atoms with Crippen LogP contribution in [0.1, 0.15) is 42.2 Å². The van der Waals surface area contributed by atoms with E-state index < -0.39 is 5.91 Å². The van der Waals surface area contributed by atoms with Crippen LogP contribution in [-0.2, 0) is 4.74 Å². The van der Waals surface area contributed by atoms with E-state index in [0.29, 0.717) is 23.2 Å². The molecule has 0 saturated heterocycles. The number of amides is 1. The van der Waals surface area contributed by atoms with E-state index in [4.69, 9.17) is 14.9 Å². The van der Waals surface area contributed by atoms with Crippen LogP contribution >= 0.6 is 0 Å². The summed E-state index contributed by atoms with van der Waals surface area (Å²) in [5.74, 6) is 0.579. The number of nitrogens with zero attached hydrogens (tertiary/aromatic N) is 5. The summed E-state index contributed by atoms with van der Waals surface area (Å²) in [5.41, 5.74) is 6.59. The van der Waals surface area contributed by atoms with Gasteiger partial charge < -0.3 is 25.5 Å². The Morgan fingerprint density at radius 1 is 1.34 bits per heavy atom. The maximum Gasteiger partial charge on any atom is 0.281 e. The van der Waals surface area contributed by atoms with Crippen molar-refractivity contribution in [1.29, 1.82) is 0 Å². The maximum atomic E-state index is 12.8. The quantitative estimate of drug-likeness (QED) is 0.378. The molecule has 0 unspecified atom stereocenters. The van der Waals surface area contributed by atoms with Gasteiger partial charge in [0, 0.05) is 26.4 Å². The highest BCUT2D eigenvalue weighted by atomic mass is 16.5. The Balaban J connectivity index is 0.000000356. The molecule has 4 aromatic rings. The third kappa shape index (κ3) is 4.73. The van der Waals surface area contributed by atoms with Crippen molar-refractivity contribution in [2.75, 3.05) is 24.8 Å². The van der Waals surface area contributed by atoms with Crippen molar-refractivity contribution in [3.63, 3.8) is 0 Å². The first-order chi connectivity index (χ1) is 16.8. The molecule has 4 aromatic heterocycles. The van der Waals surface area contributed by atoms with E-state index in [1.165, 1.54) is 40.9 Å². The number of anilines is 3. The molecule has 5 rings (SSSR count). The number of ether oxygens (including phenoxy) is 1. The van der Waals surface area contributed by atoms with Crippen LogP contribution in [0.25, 0.3) is 11.5 Å². The second-order valence-electron chi connectivity index (χ2n) is 8.41. The van der Waals surface area contributed by atoms with Crippen LogP contribution in [0.4, 0.5) is 17.3 Å². The minimum absolute atomic E-state index is 0.169. The fourth-order valence-electron chi connectivity index (χ4n) is 3.67. The molecule has 0 aliphatic heterocycles. The predicted molar refractivity (Wildman–Crippen MR) is 130 cm³/mol. The number of nitrogens with two attached hydrogens (primary N) is 1. The van der Waals surface area contributed by atoms with Gasteiger partial charge in [0.25, 0.3) is 11.5 Å². The third-order valence-corrected chi connectivity index (χ3v) is 6.05. The van der Waals surface area contributed by atoms with E-state index in [0.717, 1.165) is 0 Å². The van der Waals surface area contributed by atoms with Gasteiger partial charge in [-0.1, -0.05) is 0 Å². The zero-order valence-corrected chi connectivity index (χ0v) is 20.0. The highest BCUT2D eigenvalue weighted by molar-refractivity contribution is 5.98. The van der Waals surface area contributed by atoms with Gasteiger partial charge in [-0.15, -0.1) is 0 Å². The summed E-state index contributed by atoms with van der Waals surface area (Å²) < 4.78 is 13.3. The lowest BCUT2D eigenvalue weighted by molar-refractivity contribution is -0.0555. The minimum Gasteiger partial charge on any atom is -0.427 e. The van der Waals surface area contributed by atoms with Gasteiger partial charge in [-0.3, -0.25) is 14.2 Å². The minimum atomic E-state index is -0.649.